The normalized spacial score (nSPS) is 18.0. The van der Waals surface area contributed by atoms with Crippen molar-refractivity contribution in [2.75, 3.05) is 13.2 Å². The zero-order valence-electron chi connectivity index (χ0n) is 11.6. The lowest BCUT2D eigenvalue weighted by molar-refractivity contribution is -0.151. The van der Waals surface area contributed by atoms with Crippen LogP contribution in [0.2, 0.25) is 0 Å². The summed E-state index contributed by atoms with van der Waals surface area (Å²) in [6, 6.07) is 1.80. The number of carbonyl (C=O) groups excluding carboxylic acids is 1. The van der Waals surface area contributed by atoms with E-state index in [4.69, 9.17) is 4.74 Å². The molecule has 7 nitrogen and oxygen atoms in total. The van der Waals surface area contributed by atoms with Crippen LogP contribution < -0.4 is 0 Å². The molecule has 20 heavy (non-hydrogen) atoms. The molecule has 0 amide bonds. The Morgan fingerprint density at radius 1 is 1.60 bits per heavy atom. The highest BCUT2D eigenvalue weighted by molar-refractivity contribution is 9.10. The molecule has 0 aromatic carbocycles. The summed E-state index contributed by atoms with van der Waals surface area (Å²) in [7, 11) is 0. The second-order valence-corrected chi connectivity index (χ2v) is 5.50. The number of nitrogens with zero attached hydrogens (tertiary/aromatic N) is 4. The number of esters is 1. The van der Waals surface area contributed by atoms with E-state index in [-0.39, 0.29) is 12.5 Å². The fraction of sp³-hybridized carbons (Fsp3) is 0.583. The summed E-state index contributed by atoms with van der Waals surface area (Å²) >= 11 is 3.28. The van der Waals surface area contributed by atoms with E-state index in [9.17, 15) is 9.90 Å². The Bertz CT molecular complexity index is 541. The fourth-order valence-corrected chi connectivity index (χ4v) is 2.35. The Labute approximate surface area is 125 Å². The minimum absolute atomic E-state index is 0.123. The average Bonchev–Trinajstić information content (AvgIpc) is 2.74. The highest BCUT2D eigenvalue weighted by Crippen LogP contribution is 2.25. The van der Waals surface area contributed by atoms with E-state index in [2.05, 4.69) is 26.1 Å². The standard InChI is InChI=1S/C12H17BrN4O3/c1-4-20-10(18)6-16-12(19)17-8(5-9(13)14-17)11(15-16)7(2)3/h5,7,12,19H,4,6H2,1-3H3. The highest BCUT2D eigenvalue weighted by atomic mass is 79.9. The van der Waals surface area contributed by atoms with Crippen LogP contribution in [0.15, 0.2) is 15.8 Å². The molecule has 1 unspecified atom stereocenters. The van der Waals surface area contributed by atoms with Gasteiger partial charge in [0, 0.05) is 6.07 Å². The van der Waals surface area contributed by atoms with Gasteiger partial charge >= 0.3 is 5.97 Å². The van der Waals surface area contributed by atoms with E-state index in [0.29, 0.717) is 11.2 Å². The summed E-state index contributed by atoms with van der Waals surface area (Å²) in [5.74, 6) is -0.303. The van der Waals surface area contributed by atoms with Crippen molar-refractivity contribution >= 4 is 27.6 Å². The molecular weight excluding hydrogens is 328 g/mol. The van der Waals surface area contributed by atoms with Gasteiger partial charge in [0.05, 0.1) is 18.0 Å². The Morgan fingerprint density at radius 2 is 2.30 bits per heavy atom. The van der Waals surface area contributed by atoms with Gasteiger partial charge in [-0.25, -0.2) is 9.69 Å². The van der Waals surface area contributed by atoms with Gasteiger partial charge in [-0.2, -0.15) is 10.2 Å². The van der Waals surface area contributed by atoms with E-state index in [1.54, 1.807) is 13.0 Å². The molecule has 8 heteroatoms. The molecule has 0 saturated carbocycles. The van der Waals surface area contributed by atoms with Gasteiger partial charge < -0.3 is 9.84 Å². The van der Waals surface area contributed by atoms with Crippen LogP contribution in [0.5, 0.6) is 0 Å². The van der Waals surface area contributed by atoms with Crippen molar-refractivity contribution in [2.24, 2.45) is 11.0 Å². The molecule has 110 valence electrons. The Kier molecular flexibility index (Phi) is 4.44. The molecule has 0 fully saturated rings. The van der Waals surface area contributed by atoms with Crippen molar-refractivity contribution in [2.45, 2.75) is 27.1 Å². The van der Waals surface area contributed by atoms with Gasteiger partial charge in [0.15, 0.2) is 0 Å². The summed E-state index contributed by atoms with van der Waals surface area (Å²) in [5, 5.41) is 20.1. The molecule has 0 bridgehead atoms. The first-order valence-electron chi connectivity index (χ1n) is 6.38. The summed E-state index contributed by atoms with van der Waals surface area (Å²) in [6.45, 7) is 5.88. The maximum Gasteiger partial charge on any atom is 0.327 e. The predicted octanol–water partition coefficient (Wildman–Crippen LogP) is 1.33. The minimum atomic E-state index is -1.12. The van der Waals surface area contributed by atoms with E-state index in [1.165, 1.54) is 9.69 Å². The lowest BCUT2D eigenvalue weighted by Gasteiger charge is -2.31. The maximum atomic E-state index is 11.6. The number of aromatic nitrogens is 2. The Morgan fingerprint density at radius 3 is 2.90 bits per heavy atom. The molecule has 1 aliphatic rings. The molecular formula is C12H17BrN4O3. The van der Waals surface area contributed by atoms with Crippen LogP contribution in [-0.4, -0.2) is 44.7 Å². The third-order valence-electron chi connectivity index (χ3n) is 2.83. The van der Waals surface area contributed by atoms with Gasteiger partial charge in [-0.1, -0.05) is 13.8 Å². The summed E-state index contributed by atoms with van der Waals surface area (Å²) in [6.07, 6.45) is -1.12. The van der Waals surface area contributed by atoms with Crippen LogP contribution in [0, 0.1) is 5.92 Å². The Balaban J connectivity index is 2.32. The second kappa shape index (κ2) is 5.92. The third kappa shape index (κ3) is 2.85. The van der Waals surface area contributed by atoms with Crippen molar-refractivity contribution in [3.05, 3.63) is 16.4 Å². The lowest BCUT2D eigenvalue weighted by atomic mass is 10.1. The van der Waals surface area contributed by atoms with Gasteiger partial charge in [-0.05, 0) is 28.8 Å². The topological polar surface area (TPSA) is 80.0 Å². The summed E-state index contributed by atoms with van der Waals surface area (Å²) in [4.78, 5) is 11.6. The third-order valence-corrected chi connectivity index (χ3v) is 3.22. The molecule has 1 N–H and O–H groups in total. The SMILES string of the molecule is CCOC(=O)CN1N=C(C(C)C)c2cc(Br)nn2C1O. The number of halogens is 1. The van der Waals surface area contributed by atoms with E-state index in [1.807, 2.05) is 13.8 Å². The van der Waals surface area contributed by atoms with Gasteiger partial charge in [0.2, 0.25) is 6.35 Å². The molecule has 2 rings (SSSR count). The van der Waals surface area contributed by atoms with Crippen LogP contribution in [0.3, 0.4) is 0 Å². The molecule has 0 aliphatic carbocycles. The van der Waals surface area contributed by atoms with Crippen LogP contribution in [0.4, 0.5) is 0 Å². The minimum Gasteiger partial charge on any atom is -0.465 e. The van der Waals surface area contributed by atoms with Crippen molar-refractivity contribution in [3.63, 3.8) is 0 Å². The van der Waals surface area contributed by atoms with Crippen LogP contribution in [0.25, 0.3) is 0 Å². The molecule has 0 spiro atoms. The molecule has 0 radical (unpaired) electrons. The largest absolute Gasteiger partial charge is 0.465 e. The number of carbonyl (C=O) groups is 1. The Hall–Kier alpha value is -1.41. The van der Waals surface area contributed by atoms with Crippen LogP contribution in [0.1, 0.15) is 32.8 Å². The van der Waals surface area contributed by atoms with E-state index in [0.717, 1.165) is 11.4 Å². The molecule has 1 aromatic rings. The zero-order chi connectivity index (χ0) is 14.9. The van der Waals surface area contributed by atoms with E-state index >= 15 is 0 Å². The zero-order valence-corrected chi connectivity index (χ0v) is 13.2. The van der Waals surface area contributed by atoms with Crippen LogP contribution in [-0.2, 0) is 9.53 Å². The smallest absolute Gasteiger partial charge is 0.327 e. The highest BCUT2D eigenvalue weighted by Gasteiger charge is 2.31. The number of hydrogen-bond acceptors (Lipinski definition) is 6. The van der Waals surface area contributed by atoms with Gasteiger partial charge in [0.1, 0.15) is 11.1 Å². The number of aliphatic hydroxyl groups is 1. The van der Waals surface area contributed by atoms with Gasteiger partial charge in [0.25, 0.3) is 0 Å². The number of rotatable bonds is 4. The molecule has 1 aromatic heterocycles. The van der Waals surface area contributed by atoms with Gasteiger partial charge in [-0.3, -0.25) is 4.79 Å². The number of hydrazone groups is 1. The lowest BCUT2D eigenvalue weighted by Crippen LogP contribution is -2.40. The maximum absolute atomic E-state index is 11.6. The number of ether oxygens (including phenoxy) is 1. The average molecular weight is 345 g/mol. The molecule has 2 heterocycles. The summed E-state index contributed by atoms with van der Waals surface area (Å²) < 4.78 is 6.93. The first-order valence-corrected chi connectivity index (χ1v) is 7.17. The molecule has 1 aliphatic heterocycles. The second-order valence-electron chi connectivity index (χ2n) is 4.69. The monoisotopic (exact) mass is 344 g/mol. The van der Waals surface area contributed by atoms with Crippen LogP contribution >= 0.6 is 15.9 Å². The number of hydrogen-bond donors (Lipinski definition) is 1. The molecule has 1 atom stereocenters. The van der Waals surface area contributed by atoms with Crippen molar-refractivity contribution in [1.29, 1.82) is 0 Å². The molecule has 0 saturated heterocycles. The van der Waals surface area contributed by atoms with Crippen molar-refractivity contribution < 1.29 is 14.6 Å². The first-order chi connectivity index (χ1) is 9.43. The summed E-state index contributed by atoms with van der Waals surface area (Å²) in [5.41, 5.74) is 1.50. The number of fused-ring (bicyclic) bond motifs is 1. The number of aliphatic hydroxyl groups excluding tert-OH is 1. The fourth-order valence-electron chi connectivity index (χ4n) is 1.97. The predicted molar refractivity (Wildman–Crippen MR) is 75.9 cm³/mol. The first kappa shape index (κ1) is 15.0. The van der Waals surface area contributed by atoms with E-state index < -0.39 is 12.3 Å². The van der Waals surface area contributed by atoms with Crippen molar-refractivity contribution in [3.8, 4) is 0 Å². The van der Waals surface area contributed by atoms with Crippen molar-refractivity contribution in [1.82, 2.24) is 14.8 Å². The van der Waals surface area contributed by atoms with Gasteiger partial charge in [-0.15, -0.1) is 0 Å². The quantitative estimate of drug-likeness (QED) is 0.833.